The van der Waals surface area contributed by atoms with Gasteiger partial charge in [0.05, 0.1) is 0 Å². The summed E-state index contributed by atoms with van der Waals surface area (Å²) in [6, 6.07) is 9.05. The number of hydrogen-bond acceptors (Lipinski definition) is 6. The lowest BCUT2D eigenvalue weighted by molar-refractivity contribution is -0.123. The molecule has 3 aromatic rings. The first-order valence-electron chi connectivity index (χ1n) is 7.71. The highest BCUT2D eigenvalue weighted by Crippen LogP contribution is 2.10. The third kappa shape index (κ3) is 3.63. The summed E-state index contributed by atoms with van der Waals surface area (Å²) >= 11 is 0. The SMILES string of the molecule is Cc1ccc(NC(=O)C(C)OC(=O)c2nc3nccc(C)n3n2)cc1. The highest BCUT2D eigenvalue weighted by Gasteiger charge is 2.22. The molecule has 2 aromatic heterocycles. The Morgan fingerprint density at radius 2 is 1.88 bits per heavy atom. The van der Waals surface area contributed by atoms with Crippen LogP contribution in [0.5, 0.6) is 0 Å². The van der Waals surface area contributed by atoms with Gasteiger partial charge in [-0.1, -0.05) is 17.7 Å². The molecule has 0 aliphatic heterocycles. The van der Waals surface area contributed by atoms with Crippen molar-refractivity contribution >= 4 is 23.3 Å². The predicted octanol–water partition coefficient (Wildman–Crippen LogP) is 1.93. The molecule has 0 fully saturated rings. The number of fused-ring (bicyclic) bond motifs is 1. The predicted molar refractivity (Wildman–Crippen MR) is 90.2 cm³/mol. The number of carbonyl (C=O) groups is 2. The van der Waals surface area contributed by atoms with Crippen LogP contribution in [-0.4, -0.2) is 37.6 Å². The van der Waals surface area contributed by atoms with E-state index in [4.69, 9.17) is 4.74 Å². The van der Waals surface area contributed by atoms with Crippen LogP contribution in [0.15, 0.2) is 36.5 Å². The Balaban J connectivity index is 1.67. The topological polar surface area (TPSA) is 98.5 Å². The molecule has 0 saturated heterocycles. The summed E-state index contributed by atoms with van der Waals surface area (Å²) in [5, 5.41) is 6.74. The molecule has 8 nitrogen and oxygen atoms in total. The first-order chi connectivity index (χ1) is 11.9. The number of nitrogens with zero attached hydrogens (tertiary/aromatic N) is 4. The number of aryl methyl sites for hydroxylation is 2. The molecule has 8 heteroatoms. The van der Waals surface area contributed by atoms with E-state index in [0.717, 1.165) is 11.3 Å². The van der Waals surface area contributed by atoms with E-state index >= 15 is 0 Å². The van der Waals surface area contributed by atoms with E-state index < -0.39 is 18.0 Å². The Kier molecular flexibility index (Phi) is 4.42. The van der Waals surface area contributed by atoms with Gasteiger partial charge in [-0.2, -0.15) is 4.98 Å². The van der Waals surface area contributed by atoms with Crippen molar-refractivity contribution in [2.45, 2.75) is 26.9 Å². The van der Waals surface area contributed by atoms with Gasteiger partial charge >= 0.3 is 5.97 Å². The summed E-state index contributed by atoms with van der Waals surface area (Å²) in [7, 11) is 0. The number of nitrogens with one attached hydrogen (secondary N) is 1. The summed E-state index contributed by atoms with van der Waals surface area (Å²) in [5.41, 5.74) is 2.49. The van der Waals surface area contributed by atoms with Gasteiger partial charge in [0.15, 0.2) is 6.10 Å². The van der Waals surface area contributed by atoms with Gasteiger partial charge in [-0.15, -0.1) is 5.10 Å². The van der Waals surface area contributed by atoms with E-state index in [2.05, 4.69) is 20.4 Å². The Hall–Kier alpha value is -3.29. The van der Waals surface area contributed by atoms with Crippen LogP contribution in [0.2, 0.25) is 0 Å². The molecule has 25 heavy (non-hydrogen) atoms. The Bertz CT molecular complexity index is 933. The average Bonchev–Trinajstić information content (AvgIpc) is 3.02. The maximum Gasteiger partial charge on any atom is 0.379 e. The van der Waals surface area contributed by atoms with Gasteiger partial charge in [-0.25, -0.2) is 14.3 Å². The Morgan fingerprint density at radius 1 is 1.16 bits per heavy atom. The average molecular weight is 339 g/mol. The third-order valence-electron chi connectivity index (χ3n) is 3.58. The molecule has 1 amide bonds. The van der Waals surface area contributed by atoms with Gasteiger partial charge in [-0.05, 0) is 39.0 Å². The number of rotatable bonds is 4. The van der Waals surface area contributed by atoms with E-state index in [-0.39, 0.29) is 5.82 Å². The van der Waals surface area contributed by atoms with Crippen LogP contribution in [0, 0.1) is 13.8 Å². The zero-order valence-corrected chi connectivity index (χ0v) is 14.1. The minimum Gasteiger partial charge on any atom is -0.447 e. The van der Waals surface area contributed by atoms with Crippen molar-refractivity contribution in [3.63, 3.8) is 0 Å². The lowest BCUT2D eigenvalue weighted by Gasteiger charge is -2.12. The van der Waals surface area contributed by atoms with Crippen molar-refractivity contribution in [1.29, 1.82) is 0 Å². The van der Waals surface area contributed by atoms with Crippen molar-refractivity contribution in [2.75, 3.05) is 5.32 Å². The van der Waals surface area contributed by atoms with Gasteiger partial charge < -0.3 is 10.1 Å². The molecule has 0 spiro atoms. The van der Waals surface area contributed by atoms with Crippen molar-refractivity contribution in [3.8, 4) is 0 Å². The highest BCUT2D eigenvalue weighted by atomic mass is 16.5. The fourth-order valence-corrected chi connectivity index (χ4v) is 2.14. The number of benzene rings is 1. The number of carbonyl (C=O) groups excluding carboxylic acids is 2. The second kappa shape index (κ2) is 6.68. The van der Waals surface area contributed by atoms with E-state index in [1.54, 1.807) is 24.4 Å². The van der Waals surface area contributed by atoms with Crippen LogP contribution in [0.25, 0.3) is 5.78 Å². The van der Waals surface area contributed by atoms with Crippen molar-refractivity contribution in [3.05, 3.63) is 53.6 Å². The van der Waals surface area contributed by atoms with E-state index in [0.29, 0.717) is 11.5 Å². The largest absolute Gasteiger partial charge is 0.447 e. The van der Waals surface area contributed by atoms with Crippen molar-refractivity contribution in [1.82, 2.24) is 19.6 Å². The summed E-state index contributed by atoms with van der Waals surface area (Å²) < 4.78 is 6.58. The quantitative estimate of drug-likeness (QED) is 0.729. The molecule has 0 saturated carbocycles. The zero-order valence-electron chi connectivity index (χ0n) is 14.1. The number of hydrogen-bond donors (Lipinski definition) is 1. The molecule has 1 atom stereocenters. The van der Waals surface area contributed by atoms with Crippen LogP contribution in [0.1, 0.15) is 28.8 Å². The molecule has 1 aromatic carbocycles. The minimum atomic E-state index is -0.991. The van der Waals surface area contributed by atoms with Gasteiger partial charge in [-0.3, -0.25) is 4.79 Å². The number of amides is 1. The number of anilines is 1. The molecule has 0 aliphatic rings. The normalized spacial score (nSPS) is 12.0. The zero-order chi connectivity index (χ0) is 18.0. The molecule has 3 rings (SSSR count). The van der Waals surface area contributed by atoms with E-state index in [9.17, 15) is 9.59 Å². The van der Waals surface area contributed by atoms with Gasteiger partial charge in [0.1, 0.15) is 0 Å². The number of ether oxygens (including phenoxy) is 1. The van der Waals surface area contributed by atoms with Gasteiger partial charge in [0, 0.05) is 17.6 Å². The molecule has 1 unspecified atom stereocenters. The van der Waals surface area contributed by atoms with Gasteiger partial charge in [0.25, 0.3) is 17.5 Å². The van der Waals surface area contributed by atoms with Crippen LogP contribution in [0.3, 0.4) is 0 Å². The van der Waals surface area contributed by atoms with Crippen LogP contribution < -0.4 is 5.32 Å². The lowest BCUT2D eigenvalue weighted by atomic mass is 10.2. The van der Waals surface area contributed by atoms with Crippen molar-refractivity contribution in [2.24, 2.45) is 0 Å². The first kappa shape index (κ1) is 16.6. The molecule has 2 heterocycles. The minimum absolute atomic E-state index is 0.142. The highest BCUT2D eigenvalue weighted by molar-refractivity contribution is 5.96. The Morgan fingerprint density at radius 3 is 2.56 bits per heavy atom. The van der Waals surface area contributed by atoms with Crippen LogP contribution >= 0.6 is 0 Å². The Labute approximate surface area is 143 Å². The smallest absolute Gasteiger partial charge is 0.379 e. The van der Waals surface area contributed by atoms with E-state index in [1.807, 2.05) is 26.0 Å². The maximum atomic E-state index is 12.2. The third-order valence-corrected chi connectivity index (χ3v) is 3.58. The maximum absolute atomic E-state index is 12.2. The monoisotopic (exact) mass is 339 g/mol. The van der Waals surface area contributed by atoms with Gasteiger partial charge in [0.2, 0.25) is 0 Å². The summed E-state index contributed by atoms with van der Waals surface area (Å²) in [6.07, 6.45) is 0.584. The van der Waals surface area contributed by atoms with E-state index in [1.165, 1.54) is 11.4 Å². The second-order valence-corrected chi connectivity index (χ2v) is 5.64. The lowest BCUT2D eigenvalue weighted by Crippen LogP contribution is -2.30. The molecule has 0 radical (unpaired) electrons. The summed E-state index contributed by atoms with van der Waals surface area (Å²) in [6.45, 7) is 5.26. The molecule has 0 bridgehead atoms. The number of esters is 1. The fraction of sp³-hybridized carbons (Fsp3) is 0.235. The van der Waals surface area contributed by atoms with Crippen LogP contribution in [0.4, 0.5) is 5.69 Å². The number of aromatic nitrogens is 4. The fourth-order valence-electron chi connectivity index (χ4n) is 2.14. The first-order valence-corrected chi connectivity index (χ1v) is 7.71. The summed E-state index contributed by atoms with van der Waals surface area (Å²) in [5.74, 6) is -1.06. The van der Waals surface area contributed by atoms with Crippen molar-refractivity contribution < 1.29 is 14.3 Å². The standard InChI is InChI=1S/C17H17N5O3/c1-10-4-6-13(7-5-10)19-15(23)12(3)25-16(24)14-20-17-18-9-8-11(2)22(17)21-14/h4-9,12H,1-3H3,(H,19,23). The molecular formula is C17H17N5O3. The summed E-state index contributed by atoms with van der Waals surface area (Å²) in [4.78, 5) is 32.4. The van der Waals surface area contributed by atoms with Crippen LogP contribution in [-0.2, 0) is 9.53 Å². The molecule has 1 N–H and O–H groups in total. The molecule has 0 aliphatic carbocycles. The molecule has 128 valence electrons. The second-order valence-electron chi connectivity index (χ2n) is 5.64. The molecular weight excluding hydrogens is 322 g/mol.